The molecule has 0 spiro atoms. The van der Waals surface area contributed by atoms with Crippen LogP contribution < -0.4 is 0 Å². The zero-order valence-electron chi connectivity index (χ0n) is 4.68. The van der Waals surface area contributed by atoms with Crippen molar-refractivity contribution < 1.29 is 22.7 Å². The van der Waals surface area contributed by atoms with Crippen LogP contribution in [0.1, 0.15) is 0 Å². The Morgan fingerprint density at radius 1 is 1.50 bits per heavy atom. The summed E-state index contributed by atoms with van der Waals surface area (Å²) in [7, 11) is 0. The zero-order valence-corrected chi connectivity index (χ0v) is 4.68. The second-order valence-electron chi connectivity index (χ2n) is 1.76. The summed E-state index contributed by atoms with van der Waals surface area (Å²) in [6.45, 7) is 0. The Kier molecular flexibility index (Phi) is 1.42. The van der Waals surface area contributed by atoms with Gasteiger partial charge >= 0.3 is 6.18 Å². The summed E-state index contributed by atoms with van der Waals surface area (Å²) in [4.78, 5) is 10.3. The van der Waals surface area contributed by atoms with Crippen molar-refractivity contribution in [2.24, 2.45) is 0 Å². The molecule has 0 fully saturated rings. The fourth-order valence-corrected chi connectivity index (χ4v) is 0.578. The van der Waals surface area contributed by atoms with Crippen molar-refractivity contribution in [3.8, 4) is 0 Å². The monoisotopic (exact) mass is 152 g/mol. The minimum absolute atomic E-state index is 0.750. The number of hydrogen-bond acceptors (Lipinski definition) is 2. The van der Waals surface area contributed by atoms with E-state index in [0.717, 1.165) is 12.3 Å². The Morgan fingerprint density at radius 2 is 2.10 bits per heavy atom. The number of carbonyl (C=O) groups excluding carboxylic acids is 1. The lowest BCUT2D eigenvalue weighted by Crippen LogP contribution is -2.34. The Labute approximate surface area is 54.3 Å². The maximum atomic E-state index is 11.6. The molecule has 0 aromatic heterocycles. The molecule has 1 aliphatic heterocycles. The van der Waals surface area contributed by atoms with Crippen LogP contribution in [0.3, 0.4) is 0 Å². The predicted octanol–water partition coefficient (Wildman–Crippen LogP) is 1.03. The van der Waals surface area contributed by atoms with E-state index in [-0.39, 0.29) is 0 Å². The summed E-state index contributed by atoms with van der Waals surface area (Å²) in [5.74, 6) is -1.05. The van der Waals surface area contributed by atoms with Gasteiger partial charge in [-0.05, 0) is 0 Å². The highest BCUT2D eigenvalue weighted by atomic mass is 19.4. The molecule has 0 N–H and O–H groups in total. The Balaban J connectivity index is 2.69. The molecule has 1 unspecified atom stereocenters. The van der Waals surface area contributed by atoms with Gasteiger partial charge in [0.2, 0.25) is 5.78 Å². The van der Waals surface area contributed by atoms with Gasteiger partial charge < -0.3 is 4.74 Å². The minimum Gasteiger partial charge on any atom is -0.480 e. The maximum Gasteiger partial charge on any atom is 0.433 e. The average molecular weight is 152 g/mol. The summed E-state index contributed by atoms with van der Waals surface area (Å²) < 4.78 is 38.9. The largest absolute Gasteiger partial charge is 0.480 e. The molecule has 0 saturated carbocycles. The van der Waals surface area contributed by atoms with E-state index >= 15 is 0 Å². The van der Waals surface area contributed by atoms with E-state index in [1.807, 2.05) is 0 Å². The molecule has 1 rings (SSSR count). The number of rotatable bonds is 0. The molecule has 0 radical (unpaired) electrons. The summed E-state index contributed by atoms with van der Waals surface area (Å²) in [5, 5.41) is 0. The molecule has 56 valence electrons. The number of hydrogen-bond donors (Lipinski definition) is 0. The molecule has 0 aromatic carbocycles. The SMILES string of the molecule is O=C1C=COC1C(F)(F)F. The average Bonchev–Trinajstić information content (AvgIpc) is 2.11. The van der Waals surface area contributed by atoms with Crippen molar-refractivity contribution in [3.63, 3.8) is 0 Å². The maximum absolute atomic E-state index is 11.6. The molecule has 5 heteroatoms. The Hall–Kier alpha value is -1.00. The van der Waals surface area contributed by atoms with Crippen molar-refractivity contribution >= 4 is 5.78 Å². The standard InChI is InChI=1S/C5H3F3O2/c6-5(7,8)4-3(9)1-2-10-4/h1-2,4H. The van der Waals surface area contributed by atoms with Crippen molar-refractivity contribution in [2.75, 3.05) is 0 Å². The number of ether oxygens (including phenoxy) is 1. The van der Waals surface area contributed by atoms with Crippen molar-refractivity contribution in [1.29, 1.82) is 0 Å². The van der Waals surface area contributed by atoms with Gasteiger partial charge in [0.15, 0.2) is 0 Å². The van der Waals surface area contributed by atoms with Crippen LogP contribution in [0.25, 0.3) is 0 Å². The minimum atomic E-state index is -4.58. The van der Waals surface area contributed by atoms with E-state index in [2.05, 4.69) is 4.74 Å². The third kappa shape index (κ3) is 1.12. The fraction of sp³-hybridized carbons (Fsp3) is 0.400. The van der Waals surface area contributed by atoms with Crippen LogP contribution in [0, 0.1) is 0 Å². The first-order valence-electron chi connectivity index (χ1n) is 2.44. The van der Waals surface area contributed by atoms with Gasteiger partial charge in [-0.15, -0.1) is 0 Å². The smallest absolute Gasteiger partial charge is 0.433 e. The van der Waals surface area contributed by atoms with Gasteiger partial charge in [-0.2, -0.15) is 13.2 Å². The Morgan fingerprint density at radius 3 is 2.30 bits per heavy atom. The predicted molar refractivity (Wildman–Crippen MR) is 25.1 cm³/mol. The Bertz CT molecular complexity index is 182. The third-order valence-corrected chi connectivity index (χ3v) is 1.00. The topological polar surface area (TPSA) is 26.3 Å². The molecule has 0 saturated heterocycles. The molecule has 0 aromatic rings. The van der Waals surface area contributed by atoms with Crippen LogP contribution in [0.5, 0.6) is 0 Å². The number of ketones is 1. The number of alkyl halides is 3. The summed E-state index contributed by atoms with van der Waals surface area (Å²) in [6, 6.07) is 0. The highest BCUT2D eigenvalue weighted by Crippen LogP contribution is 2.26. The summed E-state index contributed by atoms with van der Waals surface area (Å²) >= 11 is 0. The van der Waals surface area contributed by atoms with Crippen LogP contribution in [0.2, 0.25) is 0 Å². The lowest BCUT2D eigenvalue weighted by Gasteiger charge is -2.11. The van der Waals surface area contributed by atoms with Gasteiger partial charge in [-0.1, -0.05) is 0 Å². The van der Waals surface area contributed by atoms with Gasteiger partial charge in [0.05, 0.1) is 6.26 Å². The van der Waals surface area contributed by atoms with E-state index in [0.29, 0.717) is 0 Å². The molecule has 10 heavy (non-hydrogen) atoms. The zero-order chi connectivity index (χ0) is 7.78. The first kappa shape index (κ1) is 7.11. The second kappa shape index (κ2) is 2.00. The molecular weight excluding hydrogens is 149 g/mol. The van der Waals surface area contributed by atoms with Crippen LogP contribution in [-0.4, -0.2) is 18.1 Å². The normalized spacial score (nSPS) is 25.1. The lowest BCUT2D eigenvalue weighted by molar-refractivity contribution is -0.198. The lowest BCUT2D eigenvalue weighted by atomic mass is 10.2. The number of halogens is 3. The van der Waals surface area contributed by atoms with Crippen LogP contribution in [0.4, 0.5) is 13.2 Å². The molecular formula is C5H3F3O2. The highest BCUT2D eigenvalue weighted by molar-refractivity contribution is 5.95. The molecule has 0 aliphatic carbocycles. The molecule has 1 aliphatic rings. The molecule has 1 heterocycles. The summed E-state index contributed by atoms with van der Waals surface area (Å²) in [6.07, 6.45) is -5.34. The second-order valence-corrected chi connectivity index (χ2v) is 1.76. The molecule has 0 bridgehead atoms. The van der Waals surface area contributed by atoms with E-state index < -0.39 is 18.1 Å². The first-order valence-corrected chi connectivity index (χ1v) is 2.44. The molecule has 0 amide bonds. The summed E-state index contributed by atoms with van der Waals surface area (Å²) in [5.41, 5.74) is 0. The van der Waals surface area contributed by atoms with Crippen molar-refractivity contribution in [1.82, 2.24) is 0 Å². The van der Waals surface area contributed by atoms with Crippen LogP contribution in [0.15, 0.2) is 12.3 Å². The first-order chi connectivity index (χ1) is 4.52. The van der Waals surface area contributed by atoms with Crippen LogP contribution in [-0.2, 0) is 9.53 Å². The van der Waals surface area contributed by atoms with Gasteiger partial charge in [0, 0.05) is 6.08 Å². The highest BCUT2D eigenvalue weighted by Gasteiger charge is 2.47. The fourth-order valence-electron chi connectivity index (χ4n) is 0.578. The molecule has 2 nitrogen and oxygen atoms in total. The molecule has 1 atom stereocenters. The van der Waals surface area contributed by atoms with Gasteiger partial charge in [0.25, 0.3) is 6.10 Å². The van der Waals surface area contributed by atoms with Gasteiger partial charge in [-0.25, -0.2) is 0 Å². The van der Waals surface area contributed by atoms with Gasteiger partial charge in [0.1, 0.15) is 0 Å². The van der Waals surface area contributed by atoms with E-state index in [1.165, 1.54) is 0 Å². The van der Waals surface area contributed by atoms with Crippen molar-refractivity contribution in [2.45, 2.75) is 12.3 Å². The van der Waals surface area contributed by atoms with E-state index in [4.69, 9.17) is 0 Å². The van der Waals surface area contributed by atoms with E-state index in [1.54, 1.807) is 0 Å². The quantitative estimate of drug-likeness (QED) is 0.518. The third-order valence-electron chi connectivity index (χ3n) is 1.00. The number of carbonyl (C=O) groups is 1. The van der Waals surface area contributed by atoms with Gasteiger partial charge in [-0.3, -0.25) is 4.79 Å². The van der Waals surface area contributed by atoms with Crippen LogP contribution >= 0.6 is 0 Å². The van der Waals surface area contributed by atoms with E-state index in [9.17, 15) is 18.0 Å². The van der Waals surface area contributed by atoms with Crippen molar-refractivity contribution in [3.05, 3.63) is 12.3 Å².